The number of halogens is 1. The molecule has 1 aliphatic heterocycles. The summed E-state index contributed by atoms with van der Waals surface area (Å²) in [6, 6.07) is 7.43. The number of nitrogens with zero attached hydrogens (tertiary/aromatic N) is 1. The van der Waals surface area contributed by atoms with E-state index in [1.54, 1.807) is 0 Å². The number of rotatable bonds is 9. The molecule has 1 saturated heterocycles. The van der Waals surface area contributed by atoms with Crippen molar-refractivity contribution in [1.82, 2.24) is 15.8 Å². The van der Waals surface area contributed by atoms with Gasteiger partial charge in [0.05, 0.1) is 0 Å². The molecule has 1 heterocycles. The first kappa shape index (κ1) is 20.8. The molecule has 0 spiro atoms. The van der Waals surface area contributed by atoms with Gasteiger partial charge in [-0.1, -0.05) is 45.7 Å². The van der Waals surface area contributed by atoms with Gasteiger partial charge in [-0.25, -0.2) is 4.39 Å². The Morgan fingerprint density at radius 3 is 2.54 bits per heavy atom. The predicted molar refractivity (Wildman–Crippen MR) is 104 cm³/mol. The number of hydrogen-bond acceptors (Lipinski definition) is 3. The van der Waals surface area contributed by atoms with Crippen molar-refractivity contribution in [2.24, 2.45) is 5.41 Å². The molecule has 1 aromatic carbocycles. The zero-order valence-corrected chi connectivity index (χ0v) is 16.6. The molecular formula is C21H34FN3O. The van der Waals surface area contributed by atoms with E-state index >= 15 is 0 Å². The normalized spacial score (nSPS) is 20.3. The lowest BCUT2D eigenvalue weighted by Gasteiger charge is -2.28. The van der Waals surface area contributed by atoms with E-state index in [1.807, 2.05) is 37.9 Å². The van der Waals surface area contributed by atoms with Crippen molar-refractivity contribution < 1.29 is 9.18 Å². The number of hydrazine groups is 1. The quantitative estimate of drug-likeness (QED) is 0.647. The van der Waals surface area contributed by atoms with Crippen LogP contribution in [0.3, 0.4) is 0 Å². The fourth-order valence-corrected chi connectivity index (χ4v) is 3.41. The molecule has 1 fully saturated rings. The Morgan fingerprint density at radius 2 is 1.88 bits per heavy atom. The molecule has 2 atom stereocenters. The van der Waals surface area contributed by atoms with Gasteiger partial charge in [-0.2, -0.15) is 0 Å². The average Bonchev–Trinajstić information content (AvgIpc) is 3.10. The molecule has 0 radical (unpaired) electrons. The van der Waals surface area contributed by atoms with Gasteiger partial charge >= 0.3 is 0 Å². The summed E-state index contributed by atoms with van der Waals surface area (Å²) < 4.78 is 13.0. The maximum atomic E-state index is 13.0. The van der Waals surface area contributed by atoms with Gasteiger partial charge in [0, 0.05) is 31.1 Å². The lowest BCUT2D eigenvalue weighted by atomic mass is 9.88. The van der Waals surface area contributed by atoms with Crippen molar-refractivity contribution in [3.8, 4) is 0 Å². The van der Waals surface area contributed by atoms with E-state index in [-0.39, 0.29) is 23.2 Å². The second-order valence-electron chi connectivity index (χ2n) is 8.14. The molecule has 2 unspecified atom stereocenters. The first-order chi connectivity index (χ1) is 12.3. The van der Waals surface area contributed by atoms with Crippen LogP contribution in [0.1, 0.15) is 70.9 Å². The predicted octanol–water partition coefficient (Wildman–Crippen LogP) is 4.19. The van der Waals surface area contributed by atoms with Gasteiger partial charge in [0.15, 0.2) is 0 Å². The Labute approximate surface area is 157 Å². The highest BCUT2D eigenvalue weighted by atomic mass is 19.1. The largest absolute Gasteiger partial charge is 0.345 e. The summed E-state index contributed by atoms with van der Waals surface area (Å²) in [7, 11) is 1.91. The highest BCUT2D eigenvalue weighted by molar-refractivity contribution is 5.81. The van der Waals surface area contributed by atoms with Crippen molar-refractivity contribution in [2.45, 2.75) is 71.4 Å². The SMILES string of the molecule is CCC(C)(C)C(=O)N(C)CCCCCC1CC(c2ccc(F)cc2)NN1. The van der Waals surface area contributed by atoms with Gasteiger partial charge in [0.2, 0.25) is 5.91 Å². The molecule has 1 aromatic rings. The van der Waals surface area contributed by atoms with E-state index in [4.69, 9.17) is 0 Å². The van der Waals surface area contributed by atoms with Crippen LogP contribution in [0.5, 0.6) is 0 Å². The molecule has 146 valence electrons. The summed E-state index contributed by atoms with van der Waals surface area (Å²) in [5, 5.41) is 0. The monoisotopic (exact) mass is 363 g/mol. The zero-order chi connectivity index (χ0) is 19.2. The Balaban J connectivity index is 1.62. The average molecular weight is 364 g/mol. The van der Waals surface area contributed by atoms with Crippen molar-refractivity contribution >= 4 is 5.91 Å². The van der Waals surface area contributed by atoms with Gasteiger partial charge < -0.3 is 4.90 Å². The van der Waals surface area contributed by atoms with Gasteiger partial charge in [-0.15, -0.1) is 0 Å². The molecule has 0 aromatic heterocycles. The van der Waals surface area contributed by atoms with Crippen LogP contribution in [0.15, 0.2) is 24.3 Å². The summed E-state index contributed by atoms with van der Waals surface area (Å²) in [4.78, 5) is 14.2. The highest BCUT2D eigenvalue weighted by Gasteiger charge is 2.28. The molecule has 0 saturated carbocycles. The van der Waals surface area contributed by atoms with E-state index in [2.05, 4.69) is 17.8 Å². The smallest absolute Gasteiger partial charge is 0.227 e. The van der Waals surface area contributed by atoms with Crippen molar-refractivity contribution in [2.75, 3.05) is 13.6 Å². The second kappa shape index (κ2) is 9.47. The van der Waals surface area contributed by atoms with Crippen LogP contribution in [0.25, 0.3) is 0 Å². The van der Waals surface area contributed by atoms with Crippen molar-refractivity contribution in [1.29, 1.82) is 0 Å². The molecule has 26 heavy (non-hydrogen) atoms. The molecule has 0 bridgehead atoms. The van der Waals surface area contributed by atoms with Crippen molar-refractivity contribution in [3.63, 3.8) is 0 Å². The molecule has 4 nitrogen and oxygen atoms in total. The molecular weight excluding hydrogens is 329 g/mol. The summed E-state index contributed by atoms with van der Waals surface area (Å²) in [6.07, 6.45) is 6.32. The van der Waals surface area contributed by atoms with Crippen LogP contribution in [0.4, 0.5) is 4.39 Å². The standard InChI is InChI=1S/C21H34FN3O/c1-5-21(2,3)20(26)25(4)14-8-6-7-9-18-15-19(24-23-18)16-10-12-17(22)13-11-16/h10-13,18-19,23-24H,5-9,14-15H2,1-4H3. The minimum atomic E-state index is -0.260. The minimum Gasteiger partial charge on any atom is -0.345 e. The van der Waals surface area contributed by atoms with E-state index in [9.17, 15) is 9.18 Å². The van der Waals surface area contributed by atoms with Gasteiger partial charge in [0.25, 0.3) is 0 Å². The highest BCUT2D eigenvalue weighted by Crippen LogP contribution is 2.25. The number of unbranched alkanes of at least 4 members (excludes halogenated alkanes) is 2. The maximum Gasteiger partial charge on any atom is 0.227 e. The lowest BCUT2D eigenvalue weighted by molar-refractivity contribution is -0.139. The lowest BCUT2D eigenvalue weighted by Crippen LogP contribution is -2.38. The molecule has 1 aliphatic rings. The fourth-order valence-electron chi connectivity index (χ4n) is 3.41. The Kier molecular flexibility index (Phi) is 7.59. The maximum absolute atomic E-state index is 13.0. The molecule has 2 N–H and O–H groups in total. The Morgan fingerprint density at radius 1 is 1.19 bits per heavy atom. The van der Waals surface area contributed by atoms with E-state index in [0.29, 0.717) is 6.04 Å². The van der Waals surface area contributed by atoms with E-state index < -0.39 is 0 Å². The number of carbonyl (C=O) groups is 1. The third-order valence-corrected chi connectivity index (χ3v) is 5.61. The Hall–Kier alpha value is -1.46. The number of hydrogen-bond donors (Lipinski definition) is 2. The molecule has 5 heteroatoms. The van der Waals surface area contributed by atoms with Crippen LogP contribution in [0.2, 0.25) is 0 Å². The van der Waals surface area contributed by atoms with Crippen LogP contribution in [-0.2, 0) is 4.79 Å². The third-order valence-electron chi connectivity index (χ3n) is 5.61. The summed E-state index contributed by atoms with van der Waals surface area (Å²) in [6.45, 7) is 6.93. The first-order valence-electron chi connectivity index (χ1n) is 9.85. The molecule has 2 rings (SSSR count). The molecule has 0 aliphatic carbocycles. The van der Waals surface area contributed by atoms with E-state index in [1.165, 1.54) is 12.1 Å². The van der Waals surface area contributed by atoms with Gasteiger partial charge in [-0.3, -0.25) is 15.6 Å². The zero-order valence-electron chi connectivity index (χ0n) is 16.6. The number of benzene rings is 1. The number of carbonyl (C=O) groups excluding carboxylic acids is 1. The Bertz CT molecular complexity index is 573. The molecule has 1 amide bonds. The van der Waals surface area contributed by atoms with Crippen LogP contribution < -0.4 is 10.9 Å². The summed E-state index contributed by atoms with van der Waals surface area (Å²) >= 11 is 0. The minimum absolute atomic E-state index is 0.193. The fraction of sp³-hybridized carbons (Fsp3) is 0.667. The van der Waals surface area contributed by atoms with Crippen LogP contribution in [0, 0.1) is 11.2 Å². The first-order valence-corrected chi connectivity index (χ1v) is 9.85. The summed E-state index contributed by atoms with van der Waals surface area (Å²) in [5.74, 6) is 0.0471. The number of amides is 1. The third kappa shape index (κ3) is 5.78. The van der Waals surface area contributed by atoms with Gasteiger partial charge in [-0.05, 0) is 43.4 Å². The number of nitrogens with one attached hydrogen (secondary N) is 2. The topological polar surface area (TPSA) is 44.4 Å². The van der Waals surface area contributed by atoms with Crippen molar-refractivity contribution in [3.05, 3.63) is 35.6 Å². The van der Waals surface area contributed by atoms with Crippen LogP contribution >= 0.6 is 0 Å². The van der Waals surface area contributed by atoms with Crippen LogP contribution in [-0.4, -0.2) is 30.4 Å². The second-order valence-corrected chi connectivity index (χ2v) is 8.14. The van der Waals surface area contributed by atoms with E-state index in [0.717, 1.165) is 50.6 Å². The summed E-state index contributed by atoms with van der Waals surface area (Å²) in [5.41, 5.74) is 7.54. The van der Waals surface area contributed by atoms with Gasteiger partial charge in [0.1, 0.15) is 5.82 Å².